The van der Waals surface area contributed by atoms with Gasteiger partial charge in [-0.3, -0.25) is 4.98 Å². The first-order valence-corrected chi connectivity index (χ1v) is 7.19. The number of aromatic nitrogens is 1. The molecule has 1 aromatic heterocycles. The molecule has 2 rings (SSSR count). The molecule has 1 heterocycles. The number of benzene rings is 1. The van der Waals surface area contributed by atoms with E-state index in [9.17, 15) is 4.39 Å². The van der Waals surface area contributed by atoms with Crippen molar-refractivity contribution in [3.8, 4) is 5.75 Å². The predicted molar refractivity (Wildman–Crippen MR) is 82.3 cm³/mol. The van der Waals surface area contributed by atoms with Gasteiger partial charge in [-0.15, -0.1) is 0 Å². The van der Waals surface area contributed by atoms with E-state index < -0.39 is 0 Å². The molecular formula is C16H18ClFN2O. The van der Waals surface area contributed by atoms with Gasteiger partial charge in [0.15, 0.2) is 11.6 Å². The Labute approximate surface area is 129 Å². The van der Waals surface area contributed by atoms with Crippen LogP contribution < -0.4 is 10.1 Å². The second-order valence-electron chi connectivity index (χ2n) is 4.68. The van der Waals surface area contributed by atoms with E-state index in [2.05, 4.69) is 10.3 Å². The average Bonchev–Trinajstić information content (AvgIpc) is 2.48. The Morgan fingerprint density at radius 3 is 2.71 bits per heavy atom. The Bertz CT molecular complexity index is 589. The summed E-state index contributed by atoms with van der Waals surface area (Å²) in [7, 11) is 1.46. The van der Waals surface area contributed by atoms with Gasteiger partial charge in [0.05, 0.1) is 23.9 Å². The van der Waals surface area contributed by atoms with Gasteiger partial charge in [-0.1, -0.05) is 24.6 Å². The molecule has 0 spiro atoms. The minimum absolute atomic E-state index is 0.0139. The molecule has 0 aliphatic carbocycles. The van der Waals surface area contributed by atoms with Crippen LogP contribution in [0.2, 0.25) is 5.02 Å². The van der Waals surface area contributed by atoms with Crippen molar-refractivity contribution in [2.75, 3.05) is 13.7 Å². The van der Waals surface area contributed by atoms with Crippen LogP contribution in [-0.2, 0) is 6.42 Å². The summed E-state index contributed by atoms with van der Waals surface area (Å²) in [6.07, 6.45) is 2.26. The van der Waals surface area contributed by atoms with Crippen molar-refractivity contribution in [1.29, 1.82) is 0 Å². The summed E-state index contributed by atoms with van der Waals surface area (Å²) in [5.41, 5.74) is 1.77. The van der Waals surface area contributed by atoms with E-state index in [0.717, 1.165) is 17.8 Å². The third kappa shape index (κ3) is 4.16. The van der Waals surface area contributed by atoms with E-state index in [1.807, 2.05) is 25.1 Å². The summed E-state index contributed by atoms with van der Waals surface area (Å²) in [5, 5.41) is 3.96. The van der Waals surface area contributed by atoms with Gasteiger partial charge in [-0.25, -0.2) is 4.39 Å². The molecule has 1 atom stereocenters. The highest BCUT2D eigenvalue weighted by Crippen LogP contribution is 2.22. The molecule has 0 aliphatic rings. The van der Waals surface area contributed by atoms with Crippen molar-refractivity contribution in [2.24, 2.45) is 0 Å². The fourth-order valence-electron chi connectivity index (χ4n) is 2.19. The van der Waals surface area contributed by atoms with Crippen LogP contribution in [0.5, 0.6) is 5.75 Å². The molecule has 0 aliphatic heterocycles. The smallest absolute Gasteiger partial charge is 0.165 e. The summed E-state index contributed by atoms with van der Waals surface area (Å²) in [5.74, 6) is -0.0994. The number of nitrogens with zero attached hydrogens (tertiary/aromatic N) is 1. The molecule has 1 N–H and O–H groups in total. The normalized spacial score (nSPS) is 12.2. The lowest BCUT2D eigenvalue weighted by molar-refractivity contribution is 0.386. The number of nitrogens with one attached hydrogen (secondary N) is 1. The molecule has 0 bridgehead atoms. The van der Waals surface area contributed by atoms with Crippen molar-refractivity contribution >= 4 is 11.6 Å². The van der Waals surface area contributed by atoms with Crippen molar-refractivity contribution in [2.45, 2.75) is 19.4 Å². The molecular weight excluding hydrogens is 291 g/mol. The largest absolute Gasteiger partial charge is 0.494 e. The second kappa shape index (κ2) is 7.38. The van der Waals surface area contributed by atoms with Crippen LogP contribution in [0.4, 0.5) is 4.39 Å². The van der Waals surface area contributed by atoms with Gasteiger partial charge in [-0.2, -0.15) is 0 Å². The third-order valence-corrected chi connectivity index (χ3v) is 3.44. The molecule has 1 unspecified atom stereocenters. The summed E-state index contributed by atoms with van der Waals surface area (Å²) in [6, 6.07) is 8.71. The lowest BCUT2D eigenvalue weighted by Crippen LogP contribution is -2.23. The lowest BCUT2D eigenvalue weighted by Gasteiger charge is -2.18. The zero-order chi connectivity index (χ0) is 15.2. The summed E-state index contributed by atoms with van der Waals surface area (Å²) < 4.78 is 18.7. The second-order valence-corrected chi connectivity index (χ2v) is 5.12. The van der Waals surface area contributed by atoms with E-state index in [1.54, 1.807) is 12.3 Å². The van der Waals surface area contributed by atoms with Crippen LogP contribution in [0.3, 0.4) is 0 Å². The maximum Gasteiger partial charge on any atom is 0.165 e. The lowest BCUT2D eigenvalue weighted by atomic mass is 10.0. The first-order chi connectivity index (χ1) is 10.1. The molecule has 2 aromatic rings. The van der Waals surface area contributed by atoms with Crippen LogP contribution in [0, 0.1) is 5.82 Å². The van der Waals surface area contributed by atoms with Crippen LogP contribution in [0.25, 0.3) is 0 Å². The van der Waals surface area contributed by atoms with Crippen molar-refractivity contribution in [1.82, 2.24) is 10.3 Å². The van der Waals surface area contributed by atoms with E-state index in [1.165, 1.54) is 13.2 Å². The SMILES string of the molecule is CCNC(Cc1ccc(OC)c(F)c1)c1ccc(Cl)cn1. The Kier molecular flexibility index (Phi) is 5.53. The maximum atomic E-state index is 13.8. The highest BCUT2D eigenvalue weighted by molar-refractivity contribution is 6.30. The van der Waals surface area contributed by atoms with Gasteiger partial charge >= 0.3 is 0 Å². The van der Waals surface area contributed by atoms with Crippen molar-refractivity contribution in [3.63, 3.8) is 0 Å². The summed E-state index contributed by atoms with van der Waals surface area (Å²) >= 11 is 5.86. The minimum atomic E-state index is -0.352. The molecule has 21 heavy (non-hydrogen) atoms. The van der Waals surface area contributed by atoms with Crippen LogP contribution in [0.1, 0.15) is 24.2 Å². The van der Waals surface area contributed by atoms with Gasteiger partial charge in [0, 0.05) is 6.20 Å². The predicted octanol–water partition coefficient (Wildman–Crippen LogP) is 3.78. The zero-order valence-corrected chi connectivity index (χ0v) is 12.8. The van der Waals surface area contributed by atoms with Crippen LogP contribution in [0.15, 0.2) is 36.5 Å². The number of hydrogen-bond donors (Lipinski definition) is 1. The van der Waals surface area contributed by atoms with Gasteiger partial charge < -0.3 is 10.1 Å². The molecule has 0 saturated carbocycles. The first-order valence-electron chi connectivity index (χ1n) is 6.81. The molecule has 0 amide bonds. The number of rotatable bonds is 6. The van der Waals surface area contributed by atoms with Gasteiger partial charge in [0.1, 0.15) is 0 Å². The highest BCUT2D eigenvalue weighted by Gasteiger charge is 2.14. The number of halogens is 2. The van der Waals surface area contributed by atoms with Crippen molar-refractivity contribution < 1.29 is 9.13 Å². The Hall–Kier alpha value is -1.65. The topological polar surface area (TPSA) is 34.1 Å². The van der Waals surface area contributed by atoms with Gasteiger partial charge in [0.2, 0.25) is 0 Å². The Morgan fingerprint density at radius 1 is 1.33 bits per heavy atom. The molecule has 0 fully saturated rings. The van der Waals surface area contributed by atoms with E-state index in [0.29, 0.717) is 11.4 Å². The number of pyridine rings is 1. The average molecular weight is 309 g/mol. The fraction of sp³-hybridized carbons (Fsp3) is 0.312. The van der Waals surface area contributed by atoms with Gasteiger partial charge in [-0.05, 0) is 42.8 Å². The number of ether oxygens (including phenoxy) is 1. The van der Waals surface area contributed by atoms with Crippen LogP contribution in [-0.4, -0.2) is 18.6 Å². The Balaban J connectivity index is 2.19. The summed E-state index contributed by atoms with van der Waals surface area (Å²) in [4.78, 5) is 4.34. The quantitative estimate of drug-likeness (QED) is 0.882. The summed E-state index contributed by atoms with van der Waals surface area (Å²) in [6.45, 7) is 2.82. The number of likely N-dealkylation sites (N-methyl/N-ethyl adjacent to an activating group) is 1. The molecule has 3 nitrogen and oxygen atoms in total. The first kappa shape index (κ1) is 15.7. The number of methoxy groups -OCH3 is 1. The van der Waals surface area contributed by atoms with Crippen LogP contribution >= 0.6 is 11.6 Å². The fourth-order valence-corrected chi connectivity index (χ4v) is 2.31. The molecule has 112 valence electrons. The molecule has 1 aromatic carbocycles. The third-order valence-electron chi connectivity index (χ3n) is 3.21. The van der Waals surface area contributed by atoms with E-state index in [-0.39, 0.29) is 17.6 Å². The van der Waals surface area contributed by atoms with Crippen molar-refractivity contribution in [3.05, 3.63) is 58.6 Å². The maximum absolute atomic E-state index is 13.8. The Morgan fingerprint density at radius 2 is 2.14 bits per heavy atom. The zero-order valence-electron chi connectivity index (χ0n) is 12.1. The van der Waals surface area contributed by atoms with E-state index in [4.69, 9.17) is 16.3 Å². The van der Waals surface area contributed by atoms with Gasteiger partial charge in [0.25, 0.3) is 0 Å². The monoisotopic (exact) mass is 308 g/mol. The molecule has 0 saturated heterocycles. The molecule has 5 heteroatoms. The highest BCUT2D eigenvalue weighted by atomic mass is 35.5. The number of hydrogen-bond acceptors (Lipinski definition) is 3. The van der Waals surface area contributed by atoms with E-state index >= 15 is 0 Å². The molecule has 0 radical (unpaired) electrons. The minimum Gasteiger partial charge on any atom is -0.494 e. The standard InChI is InChI=1S/C16H18ClFN2O/c1-3-19-15(14-6-5-12(17)10-20-14)9-11-4-7-16(21-2)13(18)8-11/h4-8,10,15,19H,3,9H2,1-2H3.